The smallest absolute Gasteiger partial charge is 0.370 e. The van der Waals surface area contributed by atoms with Crippen molar-refractivity contribution in [3.05, 3.63) is 29.3 Å². The number of nitrogens with zero attached hydrogens (tertiary/aromatic N) is 1. The van der Waals surface area contributed by atoms with Gasteiger partial charge in [0.05, 0.1) is 0 Å². The Bertz CT molecular complexity index is 460. The van der Waals surface area contributed by atoms with E-state index in [9.17, 15) is 13.2 Å². The maximum Gasteiger partial charge on any atom is 0.446 e. The molecule has 0 aliphatic rings. The number of alkyl halides is 3. The van der Waals surface area contributed by atoms with E-state index in [2.05, 4.69) is 0 Å². The van der Waals surface area contributed by atoms with Crippen molar-refractivity contribution in [3.63, 3.8) is 0 Å². The van der Waals surface area contributed by atoms with E-state index in [4.69, 9.17) is 11.1 Å². The molecule has 106 valence electrons. The van der Waals surface area contributed by atoms with Crippen LogP contribution in [-0.4, -0.2) is 22.9 Å². The summed E-state index contributed by atoms with van der Waals surface area (Å²) in [6.45, 7) is 4.11. The maximum atomic E-state index is 12.6. The molecule has 0 unspecified atom stereocenters. The van der Waals surface area contributed by atoms with Crippen molar-refractivity contribution in [2.45, 2.75) is 30.8 Å². The number of aryl methyl sites for hydroxylation is 1. The highest BCUT2D eigenvalue weighted by molar-refractivity contribution is 8.00. The van der Waals surface area contributed by atoms with Crippen LogP contribution >= 0.6 is 11.8 Å². The molecule has 0 fully saturated rings. The Morgan fingerprint density at radius 2 is 2.05 bits per heavy atom. The molecule has 7 heteroatoms. The summed E-state index contributed by atoms with van der Waals surface area (Å²) >= 11 is -0.120. The van der Waals surface area contributed by atoms with Crippen molar-refractivity contribution in [3.8, 4) is 0 Å². The lowest BCUT2D eigenvalue weighted by atomic mass is 10.1. The summed E-state index contributed by atoms with van der Waals surface area (Å²) in [5.74, 6) is -0.146. The van der Waals surface area contributed by atoms with E-state index in [1.165, 1.54) is 4.90 Å². The fraction of sp³-hybridized carbons (Fsp3) is 0.417. The average Bonchev–Trinajstić information content (AvgIpc) is 2.28. The molecule has 19 heavy (non-hydrogen) atoms. The van der Waals surface area contributed by atoms with Crippen LogP contribution in [0.1, 0.15) is 18.1 Å². The number of hydrogen-bond acceptors (Lipinski definition) is 2. The summed E-state index contributed by atoms with van der Waals surface area (Å²) in [5.41, 5.74) is 2.16. The summed E-state index contributed by atoms with van der Waals surface area (Å²) in [6, 6.07) is 4.98. The van der Waals surface area contributed by atoms with Gasteiger partial charge < -0.3 is 10.6 Å². The molecule has 0 amide bonds. The van der Waals surface area contributed by atoms with E-state index in [0.29, 0.717) is 17.7 Å². The molecule has 1 aromatic rings. The Morgan fingerprint density at radius 3 is 2.53 bits per heavy atom. The van der Waals surface area contributed by atoms with Gasteiger partial charge in [-0.1, -0.05) is 18.2 Å². The monoisotopic (exact) mass is 291 g/mol. The van der Waals surface area contributed by atoms with Crippen LogP contribution in [0.15, 0.2) is 23.1 Å². The maximum absolute atomic E-state index is 12.6. The number of halogens is 3. The van der Waals surface area contributed by atoms with Crippen LogP contribution in [-0.2, 0) is 6.54 Å². The van der Waals surface area contributed by atoms with Crippen LogP contribution in [0.4, 0.5) is 13.2 Å². The van der Waals surface area contributed by atoms with Gasteiger partial charge in [0.2, 0.25) is 0 Å². The average molecular weight is 291 g/mol. The number of nitrogens with two attached hydrogens (primary N) is 1. The van der Waals surface area contributed by atoms with E-state index in [0.717, 1.165) is 0 Å². The van der Waals surface area contributed by atoms with Gasteiger partial charge in [-0.3, -0.25) is 5.41 Å². The molecule has 1 rings (SSSR count). The van der Waals surface area contributed by atoms with E-state index in [1.807, 2.05) is 0 Å². The van der Waals surface area contributed by atoms with Crippen molar-refractivity contribution in [1.82, 2.24) is 4.90 Å². The van der Waals surface area contributed by atoms with Crippen molar-refractivity contribution >= 4 is 17.7 Å². The predicted octanol–water partition coefficient (Wildman–Crippen LogP) is 3.32. The van der Waals surface area contributed by atoms with E-state index >= 15 is 0 Å². The zero-order chi connectivity index (χ0) is 14.6. The van der Waals surface area contributed by atoms with Gasteiger partial charge in [0.25, 0.3) is 0 Å². The first-order valence-electron chi connectivity index (χ1n) is 5.67. The molecule has 1 aromatic carbocycles. The molecule has 0 aromatic heterocycles. The summed E-state index contributed by atoms with van der Waals surface area (Å²) < 4.78 is 37.7. The SMILES string of the molecule is CCN(Cc1cccc(C)c1SC(F)(F)F)C(=N)N. The Labute approximate surface area is 114 Å². The van der Waals surface area contributed by atoms with Gasteiger partial charge in [-0.2, -0.15) is 13.2 Å². The quantitative estimate of drug-likeness (QED) is 0.508. The molecule has 0 aliphatic heterocycles. The first-order chi connectivity index (χ1) is 8.74. The zero-order valence-electron chi connectivity index (χ0n) is 10.7. The Balaban J connectivity index is 3.06. The lowest BCUT2D eigenvalue weighted by Crippen LogP contribution is -2.35. The number of nitrogens with one attached hydrogen (secondary N) is 1. The summed E-state index contributed by atoms with van der Waals surface area (Å²) in [4.78, 5) is 1.70. The van der Waals surface area contributed by atoms with Crippen LogP contribution in [0, 0.1) is 12.3 Å². The Kier molecular flexibility index (Phi) is 5.11. The second-order valence-corrected chi connectivity index (χ2v) is 5.09. The van der Waals surface area contributed by atoms with Gasteiger partial charge in [0.15, 0.2) is 5.96 Å². The molecule has 0 aliphatic carbocycles. The van der Waals surface area contributed by atoms with Crippen LogP contribution in [0.25, 0.3) is 0 Å². The molecule has 0 saturated carbocycles. The second kappa shape index (κ2) is 6.18. The largest absolute Gasteiger partial charge is 0.446 e. The first kappa shape index (κ1) is 15.7. The predicted molar refractivity (Wildman–Crippen MR) is 71.1 cm³/mol. The van der Waals surface area contributed by atoms with Gasteiger partial charge >= 0.3 is 5.51 Å². The molecule has 0 heterocycles. The topological polar surface area (TPSA) is 53.1 Å². The van der Waals surface area contributed by atoms with E-state index in [-0.39, 0.29) is 29.2 Å². The van der Waals surface area contributed by atoms with Gasteiger partial charge in [0, 0.05) is 18.0 Å². The molecule has 0 saturated heterocycles. The molecule has 3 nitrogen and oxygen atoms in total. The molecular weight excluding hydrogens is 275 g/mol. The van der Waals surface area contributed by atoms with Gasteiger partial charge in [-0.05, 0) is 36.7 Å². The summed E-state index contributed by atoms with van der Waals surface area (Å²) in [7, 11) is 0. The highest BCUT2D eigenvalue weighted by atomic mass is 32.2. The molecule has 0 radical (unpaired) electrons. The molecule has 0 bridgehead atoms. The Hall–Kier alpha value is -1.37. The minimum Gasteiger partial charge on any atom is -0.370 e. The van der Waals surface area contributed by atoms with Crippen LogP contribution in [0.5, 0.6) is 0 Å². The fourth-order valence-corrected chi connectivity index (χ4v) is 2.40. The van der Waals surface area contributed by atoms with Crippen molar-refractivity contribution in [2.75, 3.05) is 6.54 Å². The molecule has 0 atom stereocenters. The number of benzene rings is 1. The normalized spacial score (nSPS) is 11.4. The molecular formula is C12H16F3N3S. The molecule has 3 N–H and O–H groups in total. The standard InChI is InChI=1S/C12H16F3N3S/c1-3-18(11(16)17)7-9-6-4-5-8(2)10(9)19-12(13,14)15/h4-6H,3,7H2,1-2H3,(H3,16,17). The van der Waals surface area contributed by atoms with Crippen LogP contribution < -0.4 is 5.73 Å². The Morgan fingerprint density at radius 1 is 1.42 bits per heavy atom. The van der Waals surface area contributed by atoms with Gasteiger partial charge in [-0.25, -0.2) is 0 Å². The third-order valence-corrected chi connectivity index (χ3v) is 3.61. The second-order valence-electron chi connectivity index (χ2n) is 4.01. The molecule has 0 spiro atoms. The van der Waals surface area contributed by atoms with Gasteiger partial charge in [0.1, 0.15) is 0 Å². The van der Waals surface area contributed by atoms with Crippen molar-refractivity contribution in [1.29, 1.82) is 5.41 Å². The third-order valence-electron chi connectivity index (χ3n) is 2.59. The number of hydrogen-bond donors (Lipinski definition) is 2. The number of guanidine groups is 1. The minimum absolute atomic E-state index is 0.120. The minimum atomic E-state index is -4.33. The van der Waals surface area contributed by atoms with Gasteiger partial charge in [-0.15, -0.1) is 0 Å². The lowest BCUT2D eigenvalue weighted by molar-refractivity contribution is -0.0328. The van der Waals surface area contributed by atoms with Crippen LogP contribution in [0.3, 0.4) is 0 Å². The number of thioether (sulfide) groups is 1. The zero-order valence-corrected chi connectivity index (χ0v) is 11.5. The summed E-state index contributed by atoms with van der Waals surface area (Å²) in [6.07, 6.45) is 0. The van der Waals surface area contributed by atoms with Crippen LogP contribution in [0.2, 0.25) is 0 Å². The third kappa shape index (κ3) is 4.66. The fourth-order valence-electron chi connectivity index (χ4n) is 1.67. The highest BCUT2D eigenvalue weighted by Crippen LogP contribution is 2.40. The van der Waals surface area contributed by atoms with E-state index in [1.54, 1.807) is 32.0 Å². The summed E-state index contributed by atoms with van der Waals surface area (Å²) in [5, 5.41) is 7.38. The first-order valence-corrected chi connectivity index (χ1v) is 6.49. The van der Waals surface area contributed by atoms with Crippen molar-refractivity contribution < 1.29 is 13.2 Å². The van der Waals surface area contributed by atoms with Crippen molar-refractivity contribution in [2.24, 2.45) is 5.73 Å². The highest BCUT2D eigenvalue weighted by Gasteiger charge is 2.31. The van der Waals surface area contributed by atoms with E-state index < -0.39 is 5.51 Å². The number of rotatable bonds is 4. The lowest BCUT2D eigenvalue weighted by Gasteiger charge is -2.23.